The highest BCUT2D eigenvalue weighted by Crippen LogP contribution is 2.33. The average molecular weight is 246 g/mol. The normalized spacial score (nSPS) is 17.8. The fourth-order valence-electron chi connectivity index (χ4n) is 2.19. The van der Waals surface area contributed by atoms with Crippen LogP contribution >= 0.6 is 0 Å². The molecule has 5 heteroatoms. The van der Waals surface area contributed by atoms with Gasteiger partial charge in [0, 0.05) is 0 Å². The summed E-state index contributed by atoms with van der Waals surface area (Å²) in [6, 6.07) is 5.78. The van der Waals surface area contributed by atoms with Gasteiger partial charge in [0.05, 0.1) is 6.10 Å². The first-order valence-corrected chi connectivity index (χ1v) is 5.96. The van der Waals surface area contributed by atoms with E-state index in [0.717, 1.165) is 35.4 Å². The fourth-order valence-corrected chi connectivity index (χ4v) is 2.19. The number of fused-ring (bicyclic) bond motifs is 1. The molecule has 18 heavy (non-hydrogen) atoms. The lowest BCUT2D eigenvalue weighted by atomic mass is 10.1. The molecular weight excluding hydrogens is 232 g/mol. The van der Waals surface area contributed by atoms with Crippen LogP contribution in [0.2, 0.25) is 0 Å². The van der Waals surface area contributed by atoms with Crippen molar-refractivity contribution in [3.63, 3.8) is 0 Å². The van der Waals surface area contributed by atoms with Crippen LogP contribution in [0.1, 0.15) is 35.0 Å². The molecule has 1 aromatic heterocycles. The van der Waals surface area contributed by atoms with Crippen LogP contribution in [0.3, 0.4) is 0 Å². The number of rotatable bonds is 3. The summed E-state index contributed by atoms with van der Waals surface area (Å²) in [6.07, 6.45) is 1.37. The van der Waals surface area contributed by atoms with E-state index in [0.29, 0.717) is 12.3 Å². The number of nitrogens with zero attached hydrogens (tertiary/aromatic N) is 2. The zero-order valence-electron chi connectivity index (χ0n) is 10.1. The second-order valence-electron chi connectivity index (χ2n) is 4.50. The number of aliphatic hydroxyl groups is 1. The number of hydrogen-bond acceptors (Lipinski definition) is 5. The van der Waals surface area contributed by atoms with E-state index in [2.05, 4.69) is 14.9 Å². The predicted molar refractivity (Wildman–Crippen MR) is 63.1 cm³/mol. The lowest BCUT2D eigenvalue weighted by Gasteiger charge is -2.07. The SMILES string of the molecule is Cc1nonc1COc1ccc2c(c1)CC[C@@H]2O. The number of ether oxygens (including phenoxy) is 1. The van der Waals surface area contributed by atoms with Crippen molar-refractivity contribution in [3.05, 3.63) is 40.7 Å². The molecule has 0 saturated carbocycles. The molecule has 1 heterocycles. The molecule has 0 aliphatic heterocycles. The third-order valence-electron chi connectivity index (χ3n) is 3.28. The maximum Gasteiger partial charge on any atom is 0.145 e. The van der Waals surface area contributed by atoms with Crippen LogP contribution in [-0.2, 0) is 13.0 Å². The van der Waals surface area contributed by atoms with Crippen molar-refractivity contribution in [1.82, 2.24) is 10.3 Å². The molecule has 0 amide bonds. The minimum absolute atomic E-state index is 0.323. The van der Waals surface area contributed by atoms with Gasteiger partial charge >= 0.3 is 0 Å². The number of aryl methyl sites for hydroxylation is 2. The summed E-state index contributed by atoms with van der Waals surface area (Å²) in [4.78, 5) is 0. The van der Waals surface area contributed by atoms with Gasteiger partial charge in [0.1, 0.15) is 23.7 Å². The molecule has 5 nitrogen and oxygen atoms in total. The minimum Gasteiger partial charge on any atom is -0.487 e. The van der Waals surface area contributed by atoms with Crippen molar-refractivity contribution in [2.75, 3.05) is 0 Å². The molecular formula is C13H14N2O3. The molecule has 1 atom stereocenters. The molecule has 0 radical (unpaired) electrons. The Kier molecular flexibility index (Phi) is 2.76. The monoisotopic (exact) mass is 246 g/mol. The maximum absolute atomic E-state index is 9.72. The summed E-state index contributed by atoms with van der Waals surface area (Å²) < 4.78 is 10.3. The topological polar surface area (TPSA) is 68.4 Å². The van der Waals surface area contributed by atoms with Gasteiger partial charge in [0.2, 0.25) is 0 Å². The predicted octanol–water partition coefficient (Wildman–Crippen LogP) is 1.94. The maximum atomic E-state index is 9.72. The lowest BCUT2D eigenvalue weighted by molar-refractivity contribution is 0.180. The summed E-state index contributed by atoms with van der Waals surface area (Å²) in [5.41, 5.74) is 3.62. The second kappa shape index (κ2) is 4.42. The van der Waals surface area contributed by atoms with Gasteiger partial charge < -0.3 is 9.84 Å². The van der Waals surface area contributed by atoms with Crippen LogP contribution in [0.15, 0.2) is 22.8 Å². The zero-order chi connectivity index (χ0) is 12.5. The van der Waals surface area contributed by atoms with Crippen LogP contribution < -0.4 is 4.74 Å². The molecule has 1 aliphatic carbocycles. The van der Waals surface area contributed by atoms with Crippen molar-refractivity contribution in [3.8, 4) is 5.75 Å². The Morgan fingerprint density at radius 3 is 3.11 bits per heavy atom. The first-order valence-electron chi connectivity index (χ1n) is 5.96. The molecule has 1 aliphatic rings. The summed E-state index contributed by atoms with van der Waals surface area (Å²) >= 11 is 0. The van der Waals surface area contributed by atoms with Crippen molar-refractivity contribution in [2.45, 2.75) is 32.5 Å². The highest BCUT2D eigenvalue weighted by Gasteiger charge is 2.20. The van der Waals surface area contributed by atoms with E-state index in [9.17, 15) is 5.11 Å². The molecule has 0 bridgehead atoms. The Bertz CT molecular complexity index is 565. The molecule has 0 unspecified atom stereocenters. The van der Waals surface area contributed by atoms with Gasteiger partial charge in [-0.1, -0.05) is 16.4 Å². The van der Waals surface area contributed by atoms with E-state index in [-0.39, 0.29) is 6.10 Å². The quantitative estimate of drug-likeness (QED) is 0.896. The molecule has 0 spiro atoms. The van der Waals surface area contributed by atoms with E-state index >= 15 is 0 Å². The average Bonchev–Trinajstić information content (AvgIpc) is 2.94. The first-order chi connectivity index (χ1) is 8.74. The number of benzene rings is 1. The van der Waals surface area contributed by atoms with E-state index in [1.165, 1.54) is 0 Å². The summed E-state index contributed by atoms with van der Waals surface area (Å²) in [5, 5.41) is 17.2. The third-order valence-corrected chi connectivity index (χ3v) is 3.28. The van der Waals surface area contributed by atoms with Crippen molar-refractivity contribution >= 4 is 0 Å². The molecule has 1 aromatic carbocycles. The standard InChI is InChI=1S/C13H14N2O3/c1-8-12(15-18-14-8)7-17-10-3-4-11-9(6-10)2-5-13(11)16/h3-4,6,13,16H,2,5,7H2,1H3/t13-/m0/s1. The number of aliphatic hydroxyl groups excluding tert-OH is 1. The van der Waals surface area contributed by atoms with Crippen molar-refractivity contribution in [2.24, 2.45) is 0 Å². The summed E-state index contributed by atoms with van der Waals surface area (Å²) in [7, 11) is 0. The van der Waals surface area contributed by atoms with Gasteiger partial charge in [-0.2, -0.15) is 0 Å². The first kappa shape index (κ1) is 11.2. The lowest BCUT2D eigenvalue weighted by Crippen LogP contribution is -1.98. The van der Waals surface area contributed by atoms with E-state index < -0.39 is 0 Å². The van der Waals surface area contributed by atoms with Gasteiger partial charge in [-0.3, -0.25) is 0 Å². The third kappa shape index (κ3) is 1.97. The van der Waals surface area contributed by atoms with Gasteiger partial charge in [-0.15, -0.1) is 0 Å². The molecule has 0 fully saturated rings. The summed E-state index contributed by atoms with van der Waals surface area (Å²) in [6.45, 7) is 2.17. The van der Waals surface area contributed by atoms with Gasteiger partial charge in [-0.25, -0.2) is 4.63 Å². The Labute approximate surface area is 104 Å². The van der Waals surface area contributed by atoms with E-state index in [1.54, 1.807) is 0 Å². The number of hydrogen-bond donors (Lipinski definition) is 1. The zero-order valence-corrected chi connectivity index (χ0v) is 10.1. The second-order valence-corrected chi connectivity index (χ2v) is 4.50. The van der Waals surface area contributed by atoms with Crippen molar-refractivity contribution < 1.29 is 14.5 Å². The van der Waals surface area contributed by atoms with E-state index in [4.69, 9.17) is 4.74 Å². The van der Waals surface area contributed by atoms with Crippen LogP contribution in [0.25, 0.3) is 0 Å². The largest absolute Gasteiger partial charge is 0.487 e. The van der Waals surface area contributed by atoms with E-state index in [1.807, 2.05) is 25.1 Å². The van der Waals surface area contributed by atoms with Gasteiger partial charge in [0.15, 0.2) is 0 Å². The Morgan fingerprint density at radius 2 is 2.33 bits per heavy atom. The fraction of sp³-hybridized carbons (Fsp3) is 0.385. The Morgan fingerprint density at radius 1 is 1.44 bits per heavy atom. The van der Waals surface area contributed by atoms with Crippen molar-refractivity contribution in [1.29, 1.82) is 0 Å². The highest BCUT2D eigenvalue weighted by atomic mass is 16.6. The number of aromatic nitrogens is 2. The Balaban J connectivity index is 1.73. The Hall–Kier alpha value is -1.88. The molecule has 0 saturated heterocycles. The smallest absolute Gasteiger partial charge is 0.145 e. The van der Waals surface area contributed by atoms with Crippen LogP contribution in [0.4, 0.5) is 0 Å². The van der Waals surface area contributed by atoms with Gasteiger partial charge in [-0.05, 0) is 43.0 Å². The minimum atomic E-state index is -0.323. The molecule has 3 rings (SSSR count). The van der Waals surface area contributed by atoms with Crippen LogP contribution in [0, 0.1) is 6.92 Å². The van der Waals surface area contributed by atoms with Crippen LogP contribution in [0.5, 0.6) is 5.75 Å². The highest BCUT2D eigenvalue weighted by molar-refractivity contribution is 5.39. The summed E-state index contributed by atoms with van der Waals surface area (Å²) in [5.74, 6) is 0.783. The molecule has 1 N–H and O–H groups in total. The van der Waals surface area contributed by atoms with Crippen LogP contribution in [-0.4, -0.2) is 15.4 Å². The molecule has 94 valence electrons. The molecule has 2 aromatic rings. The van der Waals surface area contributed by atoms with Gasteiger partial charge in [0.25, 0.3) is 0 Å².